The summed E-state index contributed by atoms with van der Waals surface area (Å²) in [6, 6.07) is 8.52. The van der Waals surface area contributed by atoms with Crippen LogP contribution in [0.5, 0.6) is 5.75 Å². The molecule has 0 spiro atoms. The van der Waals surface area contributed by atoms with Crippen molar-refractivity contribution in [3.63, 3.8) is 0 Å². The second-order valence-electron chi connectivity index (χ2n) is 10.7. The molecule has 4 heteroatoms. The van der Waals surface area contributed by atoms with Crippen LogP contribution in [0.15, 0.2) is 24.3 Å². The summed E-state index contributed by atoms with van der Waals surface area (Å²) >= 11 is 0. The van der Waals surface area contributed by atoms with Gasteiger partial charge in [0.2, 0.25) is 0 Å². The first-order chi connectivity index (χ1) is 13.6. The van der Waals surface area contributed by atoms with Crippen molar-refractivity contribution in [2.24, 2.45) is 29.6 Å². The number of ether oxygens (including phenoxy) is 1. The summed E-state index contributed by atoms with van der Waals surface area (Å²) in [5.74, 6) is 4.66. The summed E-state index contributed by atoms with van der Waals surface area (Å²) in [6.45, 7) is 2.34. The van der Waals surface area contributed by atoms with Crippen LogP contribution in [0.2, 0.25) is 0 Å². The first-order valence-corrected chi connectivity index (χ1v) is 11.8. The van der Waals surface area contributed by atoms with E-state index < -0.39 is 5.60 Å². The smallest absolute Gasteiger partial charge is 0.118 e. The summed E-state index contributed by atoms with van der Waals surface area (Å²) in [5.41, 5.74) is 0.413. The van der Waals surface area contributed by atoms with Gasteiger partial charge in [0, 0.05) is 0 Å². The molecule has 1 aromatic rings. The first-order valence-electron chi connectivity index (χ1n) is 11.8. The lowest BCUT2D eigenvalue weighted by atomic mass is 9.45. The minimum Gasteiger partial charge on any atom is -0.497 e. The lowest BCUT2D eigenvalue weighted by molar-refractivity contribution is -0.201. The second kappa shape index (κ2) is 7.14. The van der Waals surface area contributed by atoms with Gasteiger partial charge >= 0.3 is 0 Å². The van der Waals surface area contributed by atoms with Crippen LogP contribution in [0.1, 0.15) is 63.4 Å². The van der Waals surface area contributed by atoms with Crippen LogP contribution < -0.4 is 4.74 Å². The van der Waals surface area contributed by atoms with E-state index in [1.807, 2.05) is 0 Å². The van der Waals surface area contributed by atoms with Gasteiger partial charge in [-0.2, -0.15) is 0 Å². The number of hydrogen-bond donors (Lipinski definition) is 1. The molecule has 4 aliphatic carbocycles. The summed E-state index contributed by atoms with van der Waals surface area (Å²) in [5, 5.41) is 13.0. The van der Waals surface area contributed by atoms with Crippen molar-refractivity contribution in [3.8, 4) is 5.75 Å². The number of hydrogen-bond acceptors (Lipinski definition) is 3. The fraction of sp³-hybridized carbons (Fsp3) is 0.760. The maximum atomic E-state index is 13.0. The quantitative estimate of drug-likeness (QED) is 0.747. The minimum atomic E-state index is -0.713. The van der Waals surface area contributed by atoms with Crippen LogP contribution in [-0.4, -0.2) is 35.7 Å². The molecular weight excluding hydrogens is 382 g/mol. The van der Waals surface area contributed by atoms with Crippen LogP contribution in [0, 0.1) is 29.6 Å². The van der Waals surface area contributed by atoms with Gasteiger partial charge in [0.1, 0.15) is 11.4 Å². The predicted molar refractivity (Wildman–Crippen MR) is 117 cm³/mol. The Morgan fingerprint density at radius 1 is 0.931 bits per heavy atom. The molecule has 6 aliphatic rings. The van der Waals surface area contributed by atoms with Crippen LogP contribution in [0.25, 0.3) is 0 Å². The average molecular weight is 418 g/mol. The van der Waals surface area contributed by atoms with Gasteiger partial charge < -0.3 is 9.84 Å². The molecule has 2 aliphatic heterocycles. The fourth-order valence-corrected chi connectivity index (χ4v) is 8.95. The van der Waals surface area contributed by atoms with Gasteiger partial charge in [0.05, 0.1) is 12.6 Å². The van der Waals surface area contributed by atoms with E-state index in [0.29, 0.717) is 5.92 Å². The predicted octanol–water partition coefficient (Wildman–Crippen LogP) is 5.01. The number of nitrogens with zero attached hydrogens (tertiary/aromatic N) is 1. The standard InChI is InChI=1S/C25H35NO2.ClH/c1-28-22-6-4-21(5-7-22)25(27,24-8-2-10-26(24)11-3-9-24)23-19-13-17-12-18(15-19)16-20(23)14-17;/h4-7,17-20,23,27H,2-3,8-16H2,1H3;1H. The minimum absolute atomic E-state index is 0. The normalized spacial score (nSPS) is 39.0. The third-order valence-electron chi connectivity index (χ3n) is 9.59. The highest BCUT2D eigenvalue weighted by molar-refractivity contribution is 5.85. The maximum absolute atomic E-state index is 13.0. The van der Waals surface area contributed by atoms with E-state index in [0.717, 1.165) is 29.4 Å². The number of aliphatic hydroxyl groups is 1. The third-order valence-corrected chi connectivity index (χ3v) is 9.59. The molecule has 29 heavy (non-hydrogen) atoms. The molecule has 2 saturated heterocycles. The van der Waals surface area contributed by atoms with Crippen molar-refractivity contribution in [3.05, 3.63) is 29.8 Å². The van der Waals surface area contributed by atoms with Crippen molar-refractivity contribution < 1.29 is 9.84 Å². The average Bonchev–Trinajstić information content (AvgIpc) is 3.28. The number of methoxy groups -OCH3 is 1. The zero-order chi connectivity index (χ0) is 18.9. The zero-order valence-corrected chi connectivity index (χ0v) is 18.5. The van der Waals surface area contributed by atoms with E-state index in [9.17, 15) is 5.11 Å². The van der Waals surface area contributed by atoms with E-state index >= 15 is 0 Å². The van der Waals surface area contributed by atoms with Gasteiger partial charge in [-0.15, -0.1) is 12.4 Å². The van der Waals surface area contributed by atoms with Gasteiger partial charge in [-0.05, 0) is 118 Å². The fourth-order valence-electron chi connectivity index (χ4n) is 8.95. The highest BCUT2D eigenvalue weighted by Gasteiger charge is 2.66. The Morgan fingerprint density at radius 3 is 2.00 bits per heavy atom. The molecule has 1 unspecified atom stereocenters. The van der Waals surface area contributed by atoms with Gasteiger partial charge in [-0.3, -0.25) is 4.90 Å². The lowest BCUT2D eigenvalue weighted by Crippen LogP contribution is -2.65. The Labute approximate surface area is 181 Å². The lowest BCUT2D eigenvalue weighted by Gasteiger charge is -2.62. The van der Waals surface area contributed by atoms with Crippen LogP contribution in [0.4, 0.5) is 0 Å². The maximum Gasteiger partial charge on any atom is 0.118 e. The van der Waals surface area contributed by atoms with E-state index in [-0.39, 0.29) is 17.9 Å². The van der Waals surface area contributed by atoms with Crippen molar-refractivity contribution in [1.82, 2.24) is 4.90 Å². The summed E-state index contributed by atoms with van der Waals surface area (Å²) < 4.78 is 5.44. The number of halogens is 1. The van der Waals surface area contributed by atoms with Crippen LogP contribution in [0.3, 0.4) is 0 Å². The highest BCUT2D eigenvalue weighted by Crippen LogP contribution is 2.65. The van der Waals surface area contributed by atoms with Gasteiger partial charge in [-0.25, -0.2) is 0 Å². The van der Waals surface area contributed by atoms with E-state index in [1.165, 1.54) is 76.4 Å². The van der Waals surface area contributed by atoms with Gasteiger partial charge in [0.15, 0.2) is 0 Å². The number of rotatable bonds is 4. The molecule has 1 aromatic carbocycles. The molecule has 4 saturated carbocycles. The molecule has 3 nitrogen and oxygen atoms in total. The monoisotopic (exact) mass is 417 g/mol. The largest absolute Gasteiger partial charge is 0.497 e. The Morgan fingerprint density at radius 2 is 1.48 bits per heavy atom. The van der Waals surface area contributed by atoms with Gasteiger partial charge in [-0.1, -0.05) is 12.1 Å². The Balaban J connectivity index is 0.00000181. The van der Waals surface area contributed by atoms with E-state index in [1.54, 1.807) is 7.11 Å². The molecular formula is C25H36ClNO2. The number of benzene rings is 1. The second-order valence-corrected chi connectivity index (χ2v) is 10.7. The molecule has 0 radical (unpaired) electrons. The molecule has 2 heterocycles. The molecule has 0 aromatic heterocycles. The van der Waals surface area contributed by atoms with Crippen LogP contribution >= 0.6 is 12.4 Å². The highest BCUT2D eigenvalue weighted by atomic mass is 35.5. The zero-order valence-electron chi connectivity index (χ0n) is 17.7. The van der Waals surface area contributed by atoms with E-state index in [4.69, 9.17) is 4.74 Å². The molecule has 160 valence electrons. The van der Waals surface area contributed by atoms with Crippen molar-refractivity contribution in [1.29, 1.82) is 0 Å². The molecule has 7 rings (SSSR count). The Bertz CT molecular complexity index is 712. The molecule has 0 amide bonds. The molecule has 4 bridgehead atoms. The SMILES string of the molecule is COc1ccc(C(O)(C2C3CC4CC(C3)CC2C4)C23CCCN2CCC3)cc1.Cl. The third kappa shape index (κ3) is 2.69. The number of fused-ring (bicyclic) bond motifs is 1. The molecule has 6 fully saturated rings. The Hall–Kier alpha value is -0.770. The van der Waals surface area contributed by atoms with Gasteiger partial charge in [0.25, 0.3) is 0 Å². The molecule has 1 N–H and O–H groups in total. The van der Waals surface area contributed by atoms with Crippen LogP contribution in [-0.2, 0) is 5.60 Å². The summed E-state index contributed by atoms with van der Waals surface area (Å²) in [7, 11) is 1.73. The first kappa shape index (κ1) is 20.2. The Kier molecular flexibility index (Phi) is 4.96. The van der Waals surface area contributed by atoms with Crippen molar-refractivity contribution in [2.75, 3.05) is 20.2 Å². The summed E-state index contributed by atoms with van der Waals surface area (Å²) in [4.78, 5) is 2.68. The topological polar surface area (TPSA) is 32.7 Å². The van der Waals surface area contributed by atoms with E-state index in [2.05, 4.69) is 29.2 Å². The van der Waals surface area contributed by atoms with Crippen molar-refractivity contribution in [2.45, 2.75) is 68.9 Å². The van der Waals surface area contributed by atoms with Crippen molar-refractivity contribution >= 4 is 12.4 Å². The summed E-state index contributed by atoms with van der Waals surface area (Å²) in [6.07, 6.45) is 11.8. The molecule has 1 atom stereocenters.